The summed E-state index contributed by atoms with van der Waals surface area (Å²) in [5, 5.41) is 0. The molecule has 9 heavy (non-hydrogen) atoms. The molecule has 0 bridgehead atoms. The SMILES string of the molecule is O=I(=O)c1ccccc1. The molecule has 0 spiro atoms. The van der Waals surface area contributed by atoms with Crippen LogP contribution in [-0.2, 0) is 6.14 Å². The molecule has 0 aliphatic carbocycles. The highest BCUT2D eigenvalue weighted by molar-refractivity contribution is 14.2. The molecule has 1 rings (SSSR count). The molecule has 0 saturated heterocycles. The summed E-state index contributed by atoms with van der Waals surface area (Å²) in [4.78, 5) is 0. The largest absolute Gasteiger partial charge is 0.340 e. The van der Waals surface area contributed by atoms with Gasteiger partial charge in [-0.3, -0.25) is 0 Å². The second-order valence-corrected chi connectivity index (χ2v) is 4.00. The Morgan fingerprint density at radius 3 is 1.89 bits per heavy atom. The van der Waals surface area contributed by atoms with E-state index < -0.39 is 19.8 Å². The normalized spacial score (nSPS) is 9.89. The van der Waals surface area contributed by atoms with Crippen LogP contribution in [0.25, 0.3) is 0 Å². The van der Waals surface area contributed by atoms with Gasteiger partial charge in [0, 0.05) is 0 Å². The molecule has 0 N–H and O–H groups in total. The Kier molecular flexibility index (Phi) is 2.16. The number of halogens is 1. The molecular formula is C6H5IO2. The highest BCUT2D eigenvalue weighted by Gasteiger charge is 1.91. The van der Waals surface area contributed by atoms with E-state index >= 15 is 0 Å². The molecule has 0 unspecified atom stereocenters. The Balaban J connectivity index is 3.13. The zero-order valence-corrected chi connectivity index (χ0v) is 6.74. The highest BCUT2D eigenvalue weighted by atomic mass is 127. The summed E-state index contributed by atoms with van der Waals surface area (Å²) >= 11 is -3.18. The lowest BCUT2D eigenvalue weighted by molar-refractivity contribution is 0.610. The summed E-state index contributed by atoms with van der Waals surface area (Å²) in [6.45, 7) is 0. The lowest BCUT2D eigenvalue weighted by Crippen LogP contribution is -1.65. The lowest BCUT2D eigenvalue weighted by Gasteiger charge is -1.81. The number of hydrogen-bond acceptors (Lipinski definition) is 2. The van der Waals surface area contributed by atoms with Crippen LogP contribution >= 0.6 is 19.8 Å². The van der Waals surface area contributed by atoms with E-state index in [1.165, 1.54) is 0 Å². The van der Waals surface area contributed by atoms with Crippen molar-refractivity contribution in [3.8, 4) is 0 Å². The van der Waals surface area contributed by atoms with Gasteiger partial charge in [-0.05, 0) is 12.1 Å². The quantitative estimate of drug-likeness (QED) is 0.699. The molecule has 0 aliphatic rings. The molecule has 0 aliphatic heterocycles. The summed E-state index contributed by atoms with van der Waals surface area (Å²) < 4.78 is 21.1. The Morgan fingerprint density at radius 1 is 1.00 bits per heavy atom. The first-order valence-electron chi connectivity index (χ1n) is 2.41. The van der Waals surface area contributed by atoms with Gasteiger partial charge in [0.05, 0.1) is 3.57 Å². The fourth-order valence-electron chi connectivity index (χ4n) is 0.518. The predicted molar refractivity (Wildman–Crippen MR) is 40.5 cm³/mol. The van der Waals surface area contributed by atoms with E-state index in [-0.39, 0.29) is 0 Å². The maximum absolute atomic E-state index is 10.3. The molecular weight excluding hydrogens is 231 g/mol. The molecule has 3 heteroatoms. The second kappa shape index (κ2) is 2.91. The van der Waals surface area contributed by atoms with Gasteiger partial charge in [0.25, 0.3) is 0 Å². The van der Waals surface area contributed by atoms with Crippen LogP contribution in [0.5, 0.6) is 0 Å². The molecule has 0 aromatic heterocycles. The summed E-state index contributed by atoms with van der Waals surface area (Å²) in [6.07, 6.45) is 0. The molecule has 0 saturated carbocycles. The van der Waals surface area contributed by atoms with Crippen LogP contribution < -0.4 is 0 Å². The Bertz CT molecular complexity index is 243. The average Bonchev–Trinajstić information content (AvgIpc) is 1.90. The van der Waals surface area contributed by atoms with Crippen molar-refractivity contribution in [1.29, 1.82) is 0 Å². The van der Waals surface area contributed by atoms with E-state index in [9.17, 15) is 6.14 Å². The monoisotopic (exact) mass is 236 g/mol. The minimum atomic E-state index is -3.18. The summed E-state index contributed by atoms with van der Waals surface area (Å²) in [6, 6.07) is 8.43. The van der Waals surface area contributed by atoms with Gasteiger partial charge in [0.15, 0.2) is 0 Å². The maximum Gasteiger partial charge on any atom is 0.340 e. The van der Waals surface area contributed by atoms with Crippen LogP contribution in [0.3, 0.4) is 0 Å². The molecule has 1 aromatic rings. The first-order chi connectivity index (χ1) is 4.30. The van der Waals surface area contributed by atoms with Gasteiger partial charge < -0.3 is 0 Å². The molecule has 0 fully saturated rings. The fraction of sp³-hybridized carbons (Fsp3) is 0. The van der Waals surface area contributed by atoms with Gasteiger partial charge in [-0.1, -0.05) is 18.2 Å². The van der Waals surface area contributed by atoms with Crippen molar-refractivity contribution in [3.63, 3.8) is 0 Å². The molecule has 0 heterocycles. The molecule has 0 amide bonds. The van der Waals surface area contributed by atoms with E-state index in [0.29, 0.717) is 3.57 Å². The van der Waals surface area contributed by atoms with E-state index in [1.807, 2.05) is 0 Å². The van der Waals surface area contributed by atoms with Crippen LogP contribution in [0.15, 0.2) is 30.3 Å². The maximum atomic E-state index is 10.3. The third kappa shape index (κ3) is 1.74. The number of hydrogen-bond donors (Lipinski definition) is 0. The summed E-state index contributed by atoms with van der Waals surface area (Å²) in [7, 11) is 0. The van der Waals surface area contributed by atoms with E-state index in [1.54, 1.807) is 30.3 Å². The lowest BCUT2D eigenvalue weighted by atomic mass is 10.4. The van der Waals surface area contributed by atoms with Crippen LogP contribution in [-0.4, -0.2) is 0 Å². The van der Waals surface area contributed by atoms with Crippen LogP contribution in [0.1, 0.15) is 0 Å². The highest BCUT2D eigenvalue weighted by Crippen LogP contribution is 2.14. The standard InChI is InChI=1S/C6H5IO2/c8-7(9)6-4-2-1-3-5-6/h1-5H. The molecule has 1 aromatic carbocycles. The minimum absolute atomic E-state index is 0.460. The molecule has 0 atom stereocenters. The fourth-order valence-corrected chi connectivity index (χ4v) is 1.52. The topological polar surface area (TPSA) is 34.1 Å². The van der Waals surface area contributed by atoms with E-state index in [4.69, 9.17) is 0 Å². The van der Waals surface area contributed by atoms with Crippen LogP contribution in [0.4, 0.5) is 0 Å². The first kappa shape index (κ1) is 6.67. The average molecular weight is 236 g/mol. The minimum Gasteiger partial charge on any atom is -0.230 e. The zero-order valence-electron chi connectivity index (χ0n) is 4.58. The molecule has 2 nitrogen and oxygen atoms in total. The van der Waals surface area contributed by atoms with Crippen molar-refractivity contribution < 1.29 is 6.14 Å². The van der Waals surface area contributed by atoms with Crippen molar-refractivity contribution in [2.45, 2.75) is 0 Å². The van der Waals surface area contributed by atoms with Gasteiger partial charge >= 0.3 is 19.8 Å². The van der Waals surface area contributed by atoms with E-state index in [2.05, 4.69) is 0 Å². The zero-order chi connectivity index (χ0) is 6.69. The summed E-state index contributed by atoms with van der Waals surface area (Å²) in [5.74, 6) is 0. The number of rotatable bonds is 1. The molecule has 0 radical (unpaired) electrons. The van der Waals surface area contributed by atoms with Crippen molar-refractivity contribution in [1.82, 2.24) is 0 Å². The summed E-state index contributed by atoms with van der Waals surface area (Å²) in [5.41, 5.74) is 0. The van der Waals surface area contributed by atoms with Gasteiger partial charge in [-0.25, -0.2) is 6.14 Å². The van der Waals surface area contributed by atoms with Crippen molar-refractivity contribution in [2.75, 3.05) is 0 Å². The first-order valence-corrected chi connectivity index (χ1v) is 5.25. The van der Waals surface area contributed by atoms with Gasteiger partial charge in [0.2, 0.25) is 0 Å². The van der Waals surface area contributed by atoms with Gasteiger partial charge in [-0.2, -0.15) is 0 Å². The van der Waals surface area contributed by atoms with Crippen molar-refractivity contribution in [2.24, 2.45) is 0 Å². The molecule has 48 valence electrons. The predicted octanol–water partition coefficient (Wildman–Crippen LogP) is 2.05. The van der Waals surface area contributed by atoms with Gasteiger partial charge in [0.1, 0.15) is 0 Å². The van der Waals surface area contributed by atoms with E-state index in [0.717, 1.165) is 0 Å². The van der Waals surface area contributed by atoms with Gasteiger partial charge in [-0.15, -0.1) is 0 Å². The van der Waals surface area contributed by atoms with Crippen molar-refractivity contribution in [3.05, 3.63) is 33.9 Å². The van der Waals surface area contributed by atoms with Crippen LogP contribution in [0, 0.1) is 3.57 Å². The Morgan fingerprint density at radius 2 is 1.56 bits per heavy atom. The third-order valence-electron chi connectivity index (χ3n) is 0.911. The smallest absolute Gasteiger partial charge is 0.230 e. The Labute approximate surface area is 60.0 Å². The second-order valence-electron chi connectivity index (χ2n) is 1.51. The Hall–Kier alpha value is -0.450. The number of benzene rings is 1. The third-order valence-corrected chi connectivity index (χ3v) is 2.65. The van der Waals surface area contributed by atoms with Crippen LogP contribution in [0.2, 0.25) is 0 Å². The van der Waals surface area contributed by atoms with Crippen molar-refractivity contribution >= 4 is 19.8 Å².